The summed E-state index contributed by atoms with van der Waals surface area (Å²) < 4.78 is 56.1. The van der Waals surface area contributed by atoms with E-state index in [4.69, 9.17) is 5.73 Å². The second kappa shape index (κ2) is 10.2. The quantitative estimate of drug-likeness (QED) is 0.312. The maximum absolute atomic E-state index is 15.0. The Balaban J connectivity index is 1.48. The van der Waals surface area contributed by atoms with E-state index < -0.39 is 38.4 Å². The number of anilines is 2. The van der Waals surface area contributed by atoms with Crippen molar-refractivity contribution in [3.05, 3.63) is 71.7 Å². The van der Waals surface area contributed by atoms with Crippen molar-refractivity contribution < 1.29 is 22.3 Å². The molecular weight excluding hydrogens is 538 g/mol. The van der Waals surface area contributed by atoms with Crippen molar-refractivity contribution >= 4 is 27.0 Å². The monoisotopic (exact) mass is 570 g/mol. The summed E-state index contributed by atoms with van der Waals surface area (Å²) in [5.74, 6) is -1.52. The van der Waals surface area contributed by atoms with E-state index in [-0.39, 0.29) is 28.7 Å². The van der Waals surface area contributed by atoms with Gasteiger partial charge in [-0.1, -0.05) is 6.92 Å². The summed E-state index contributed by atoms with van der Waals surface area (Å²) in [6, 6.07) is 6.73. The Kier molecular flexibility index (Phi) is 7.13. The summed E-state index contributed by atoms with van der Waals surface area (Å²) in [6.45, 7) is 4.81. The average Bonchev–Trinajstić information content (AvgIpc) is 3.24. The number of rotatable bonds is 6. The molecule has 1 aromatic carbocycles. The molecule has 0 amide bonds. The lowest BCUT2D eigenvalue weighted by atomic mass is 9.76. The van der Waals surface area contributed by atoms with Crippen LogP contribution in [0.2, 0.25) is 0 Å². The van der Waals surface area contributed by atoms with Gasteiger partial charge in [-0.05, 0) is 80.0 Å². The van der Waals surface area contributed by atoms with Gasteiger partial charge in [-0.25, -0.2) is 22.2 Å². The molecule has 0 spiro atoms. The molecule has 0 aliphatic heterocycles. The molecule has 1 saturated carbocycles. The van der Waals surface area contributed by atoms with Crippen molar-refractivity contribution in [1.82, 2.24) is 19.6 Å². The van der Waals surface area contributed by atoms with Gasteiger partial charge < -0.3 is 16.2 Å². The first kappa shape index (κ1) is 28.1. The normalized spacial score (nSPS) is 22.0. The number of sulfone groups is 1. The zero-order valence-corrected chi connectivity index (χ0v) is 23.5. The largest absolute Gasteiger partial charge is 0.386 e. The number of nitrogens with one attached hydrogen (secondary N) is 1. The molecule has 1 aliphatic carbocycles. The van der Waals surface area contributed by atoms with Gasteiger partial charge in [0.2, 0.25) is 5.95 Å². The Morgan fingerprint density at radius 3 is 2.45 bits per heavy atom. The number of nitrogens with zero attached hydrogens (tertiary/aromatic N) is 4. The van der Waals surface area contributed by atoms with E-state index in [2.05, 4.69) is 20.4 Å². The molecule has 9 nitrogen and oxygen atoms in total. The van der Waals surface area contributed by atoms with Gasteiger partial charge in [0.1, 0.15) is 11.6 Å². The smallest absolute Gasteiger partial charge is 0.229 e. The van der Waals surface area contributed by atoms with Crippen molar-refractivity contribution in [2.45, 2.75) is 56.4 Å². The van der Waals surface area contributed by atoms with Gasteiger partial charge in [0.25, 0.3) is 0 Å². The Morgan fingerprint density at radius 1 is 1.12 bits per heavy atom. The minimum atomic E-state index is -3.29. The highest BCUT2D eigenvalue weighted by atomic mass is 32.2. The molecule has 0 saturated heterocycles. The van der Waals surface area contributed by atoms with Crippen molar-refractivity contribution in [3.63, 3.8) is 0 Å². The van der Waals surface area contributed by atoms with Gasteiger partial charge in [0.05, 0.1) is 45.7 Å². The van der Waals surface area contributed by atoms with Gasteiger partial charge in [-0.2, -0.15) is 9.61 Å². The molecule has 4 atom stereocenters. The lowest BCUT2D eigenvalue weighted by molar-refractivity contribution is 0.0779. The molecule has 212 valence electrons. The summed E-state index contributed by atoms with van der Waals surface area (Å²) in [4.78, 5) is 8.66. The van der Waals surface area contributed by atoms with Crippen LogP contribution >= 0.6 is 0 Å². The lowest BCUT2D eigenvalue weighted by Crippen LogP contribution is -2.48. The third kappa shape index (κ3) is 5.30. The Morgan fingerprint density at radius 2 is 1.82 bits per heavy atom. The minimum absolute atomic E-state index is 0.0132. The van der Waals surface area contributed by atoms with Crippen LogP contribution in [0, 0.1) is 17.6 Å². The molecule has 4 N–H and O–H groups in total. The summed E-state index contributed by atoms with van der Waals surface area (Å²) in [7, 11) is -3.29. The zero-order valence-electron chi connectivity index (χ0n) is 22.6. The topological polar surface area (TPSA) is 136 Å². The van der Waals surface area contributed by atoms with Crippen molar-refractivity contribution in [2.75, 3.05) is 11.6 Å². The van der Waals surface area contributed by atoms with Gasteiger partial charge in [-0.15, -0.1) is 0 Å². The van der Waals surface area contributed by atoms with Gasteiger partial charge in [0.15, 0.2) is 9.84 Å². The average molecular weight is 571 g/mol. The van der Waals surface area contributed by atoms with Gasteiger partial charge in [-0.3, -0.25) is 4.98 Å². The van der Waals surface area contributed by atoms with E-state index in [1.165, 1.54) is 30.7 Å². The standard InChI is InChI=1S/C28H32F2N6O3S/c1-15-9-16(10-22(31)26(15)40(4,38)39)19-7-8-32-14-24(19)34-27-33-13-18-5-6-23(35-36(18)27)25-20(29)11-17(12-21(25)30)28(2,3)37/h5-8,11-16,22,26,37H,9-10,31H2,1-4H3,(H,33,34)/t15-,16+,22+,26-/m0/s1. The van der Waals surface area contributed by atoms with Crippen LogP contribution in [0.15, 0.2) is 48.9 Å². The molecular formula is C28H32F2N6O3S. The number of nitrogens with two attached hydrogens (primary N) is 1. The van der Waals surface area contributed by atoms with Gasteiger partial charge in [0, 0.05) is 18.5 Å². The maximum atomic E-state index is 15.0. The van der Waals surface area contributed by atoms with E-state index >= 15 is 8.78 Å². The molecule has 40 heavy (non-hydrogen) atoms. The number of halogens is 2. The first-order chi connectivity index (χ1) is 18.7. The highest BCUT2D eigenvalue weighted by molar-refractivity contribution is 7.91. The highest BCUT2D eigenvalue weighted by Gasteiger charge is 2.40. The zero-order chi connectivity index (χ0) is 29.0. The second-order valence-corrected chi connectivity index (χ2v) is 13.4. The van der Waals surface area contributed by atoms with Crippen LogP contribution in [0.3, 0.4) is 0 Å². The number of fused-ring (bicyclic) bond motifs is 1. The number of aliphatic hydroxyl groups is 1. The van der Waals surface area contributed by atoms with Crippen LogP contribution in [0.4, 0.5) is 20.4 Å². The number of aromatic nitrogens is 4. The molecule has 5 rings (SSSR count). The fourth-order valence-corrected chi connectivity index (χ4v) is 7.52. The third-order valence-electron chi connectivity index (χ3n) is 7.62. The third-order valence-corrected chi connectivity index (χ3v) is 9.42. The number of benzene rings is 1. The van der Waals surface area contributed by atoms with Crippen LogP contribution < -0.4 is 11.1 Å². The molecule has 3 aromatic heterocycles. The molecule has 3 heterocycles. The van der Waals surface area contributed by atoms with Crippen LogP contribution in [0.1, 0.15) is 50.7 Å². The summed E-state index contributed by atoms with van der Waals surface area (Å²) >= 11 is 0. The van der Waals surface area contributed by atoms with Crippen molar-refractivity contribution in [3.8, 4) is 11.3 Å². The van der Waals surface area contributed by atoms with Crippen LogP contribution in [-0.4, -0.2) is 50.7 Å². The molecule has 1 fully saturated rings. The Hall–Kier alpha value is -3.48. The Bertz CT molecular complexity index is 1650. The number of hydrogen-bond acceptors (Lipinski definition) is 8. The molecule has 12 heteroatoms. The summed E-state index contributed by atoms with van der Waals surface area (Å²) in [5, 5.41) is 17.3. The lowest BCUT2D eigenvalue weighted by Gasteiger charge is -2.38. The maximum Gasteiger partial charge on any atom is 0.229 e. The highest BCUT2D eigenvalue weighted by Crippen LogP contribution is 2.41. The molecule has 0 radical (unpaired) electrons. The second-order valence-electron chi connectivity index (χ2n) is 11.2. The SMILES string of the molecule is C[C@H]1C[C@@H](c2ccncc2Nc2ncc3ccc(-c4c(F)cc(C(C)(C)O)cc4F)nn23)C[C@@H](N)[C@H]1S(C)(=O)=O. The predicted molar refractivity (Wildman–Crippen MR) is 149 cm³/mol. The van der Waals surface area contributed by atoms with E-state index in [9.17, 15) is 13.5 Å². The summed E-state index contributed by atoms with van der Waals surface area (Å²) in [5.41, 5.74) is 6.95. The predicted octanol–water partition coefficient (Wildman–Crippen LogP) is 4.29. The molecule has 1 aliphatic rings. The van der Waals surface area contributed by atoms with Crippen LogP contribution in [0.5, 0.6) is 0 Å². The van der Waals surface area contributed by atoms with Crippen LogP contribution in [-0.2, 0) is 15.4 Å². The summed E-state index contributed by atoms with van der Waals surface area (Å²) in [6.07, 6.45) is 7.25. The number of hydrogen-bond donors (Lipinski definition) is 3. The van der Waals surface area contributed by atoms with Crippen molar-refractivity contribution in [1.29, 1.82) is 0 Å². The number of imidazole rings is 1. The first-order valence-corrected chi connectivity index (χ1v) is 14.9. The van der Waals surface area contributed by atoms with E-state index in [1.54, 1.807) is 24.7 Å². The fraction of sp³-hybridized carbons (Fsp3) is 0.393. The fourth-order valence-electron chi connectivity index (χ4n) is 5.82. The van der Waals surface area contributed by atoms with Crippen molar-refractivity contribution in [2.24, 2.45) is 11.7 Å². The number of pyridine rings is 1. The van der Waals surface area contributed by atoms with Crippen LogP contribution in [0.25, 0.3) is 16.8 Å². The first-order valence-electron chi connectivity index (χ1n) is 13.0. The Labute approximate surface area is 231 Å². The van der Waals surface area contributed by atoms with Gasteiger partial charge >= 0.3 is 0 Å². The minimum Gasteiger partial charge on any atom is -0.386 e. The molecule has 4 aromatic rings. The van der Waals surface area contributed by atoms with E-state index in [0.717, 1.165) is 17.7 Å². The van der Waals surface area contributed by atoms with E-state index in [0.29, 0.717) is 30.0 Å². The molecule has 0 bridgehead atoms. The van der Waals surface area contributed by atoms with E-state index in [1.807, 2.05) is 13.0 Å². The molecule has 0 unspecified atom stereocenters.